The van der Waals surface area contributed by atoms with Crippen molar-refractivity contribution < 1.29 is 0 Å². The molecule has 1 aliphatic heterocycles. The van der Waals surface area contributed by atoms with Gasteiger partial charge in [0.1, 0.15) is 11.5 Å². The summed E-state index contributed by atoms with van der Waals surface area (Å²) in [4.78, 5) is 12.6. The lowest BCUT2D eigenvalue weighted by atomic mass is 10.1. The van der Waals surface area contributed by atoms with Gasteiger partial charge in [-0.1, -0.05) is 25.1 Å². The molecule has 0 amide bonds. The quantitative estimate of drug-likeness (QED) is 0.745. The van der Waals surface area contributed by atoms with Crippen LogP contribution in [-0.4, -0.2) is 24.5 Å². The van der Waals surface area contributed by atoms with Gasteiger partial charge in [0.2, 0.25) is 0 Å². The number of benzene rings is 1. The van der Waals surface area contributed by atoms with Gasteiger partial charge in [-0.15, -0.1) is 10.2 Å². The molecule has 2 aromatic heterocycles. The fourth-order valence-corrected chi connectivity index (χ4v) is 3.25. The van der Waals surface area contributed by atoms with Crippen molar-refractivity contribution in [2.75, 3.05) is 0 Å². The van der Waals surface area contributed by atoms with Gasteiger partial charge in [-0.25, -0.2) is 4.68 Å². The molecule has 0 saturated heterocycles. The molecule has 0 unspecified atom stereocenters. The number of aromatic nitrogens is 5. The van der Waals surface area contributed by atoms with Gasteiger partial charge in [0.05, 0.1) is 5.39 Å². The highest BCUT2D eigenvalue weighted by atomic mass is 16.1. The molecule has 0 spiro atoms. The molecule has 0 radical (unpaired) electrons. The maximum Gasteiger partial charge on any atom is 0.274 e. The average molecular weight is 309 g/mol. The predicted octanol–water partition coefficient (Wildman–Crippen LogP) is 2.40. The zero-order valence-corrected chi connectivity index (χ0v) is 13.2. The summed E-state index contributed by atoms with van der Waals surface area (Å²) < 4.78 is 3.71. The number of rotatable bonds is 3. The maximum atomic E-state index is 12.6. The van der Waals surface area contributed by atoms with E-state index in [1.807, 2.05) is 31.2 Å². The second-order valence-corrected chi connectivity index (χ2v) is 5.97. The highest BCUT2D eigenvalue weighted by Gasteiger charge is 2.21. The Kier molecular flexibility index (Phi) is 3.44. The molecular formula is C17H19N5O. The molecular weight excluding hydrogens is 290 g/mol. The van der Waals surface area contributed by atoms with Crippen molar-refractivity contribution in [3.05, 3.63) is 40.4 Å². The number of fused-ring (bicyclic) bond motifs is 2. The fourth-order valence-electron chi connectivity index (χ4n) is 3.25. The summed E-state index contributed by atoms with van der Waals surface area (Å²) in [5.74, 6) is 1.80. The number of hydrogen-bond donors (Lipinski definition) is 0. The van der Waals surface area contributed by atoms with E-state index < -0.39 is 0 Å². The van der Waals surface area contributed by atoms with Crippen molar-refractivity contribution in [3.63, 3.8) is 0 Å². The molecule has 0 fully saturated rings. The summed E-state index contributed by atoms with van der Waals surface area (Å²) in [7, 11) is 0. The molecule has 3 heterocycles. The zero-order valence-electron chi connectivity index (χ0n) is 13.2. The van der Waals surface area contributed by atoms with Crippen LogP contribution >= 0.6 is 0 Å². The number of hydrogen-bond acceptors (Lipinski definition) is 4. The fraction of sp³-hybridized carbons (Fsp3) is 0.412. The molecule has 118 valence electrons. The molecule has 6 heteroatoms. The van der Waals surface area contributed by atoms with Gasteiger partial charge in [0.25, 0.3) is 5.56 Å². The van der Waals surface area contributed by atoms with E-state index in [9.17, 15) is 4.79 Å². The van der Waals surface area contributed by atoms with E-state index in [4.69, 9.17) is 0 Å². The van der Waals surface area contributed by atoms with Crippen LogP contribution in [0.15, 0.2) is 29.1 Å². The Bertz CT molecular complexity index is 924. The molecule has 1 aliphatic rings. The van der Waals surface area contributed by atoms with Crippen molar-refractivity contribution in [1.29, 1.82) is 0 Å². The van der Waals surface area contributed by atoms with Crippen molar-refractivity contribution in [1.82, 2.24) is 24.5 Å². The van der Waals surface area contributed by atoms with E-state index in [-0.39, 0.29) is 5.56 Å². The molecule has 0 aliphatic carbocycles. The first-order valence-electron chi connectivity index (χ1n) is 8.22. The standard InChI is InChI=1S/C17H19N5O/c1-2-10-22-17(23)13-8-4-3-7-12(13)15(20-22)16-19-18-14-9-5-6-11-21(14)16/h3-4,7-8H,2,5-6,9-11H2,1H3. The Morgan fingerprint density at radius 2 is 1.96 bits per heavy atom. The third-order valence-corrected chi connectivity index (χ3v) is 4.37. The highest BCUT2D eigenvalue weighted by molar-refractivity contribution is 5.92. The highest BCUT2D eigenvalue weighted by Crippen LogP contribution is 2.26. The van der Waals surface area contributed by atoms with E-state index in [0.29, 0.717) is 11.9 Å². The first-order chi connectivity index (χ1) is 11.3. The predicted molar refractivity (Wildman–Crippen MR) is 88.2 cm³/mol. The third-order valence-electron chi connectivity index (χ3n) is 4.37. The zero-order chi connectivity index (χ0) is 15.8. The second kappa shape index (κ2) is 5.61. The Balaban J connectivity index is 2.01. The van der Waals surface area contributed by atoms with E-state index in [1.54, 1.807) is 4.68 Å². The lowest BCUT2D eigenvalue weighted by Gasteiger charge is -2.15. The van der Waals surface area contributed by atoms with Gasteiger partial charge in [0, 0.05) is 24.9 Å². The van der Waals surface area contributed by atoms with Gasteiger partial charge < -0.3 is 4.57 Å². The van der Waals surface area contributed by atoms with E-state index >= 15 is 0 Å². The molecule has 0 N–H and O–H groups in total. The largest absolute Gasteiger partial charge is 0.310 e. The summed E-state index contributed by atoms with van der Waals surface area (Å²) in [6.07, 6.45) is 4.11. The van der Waals surface area contributed by atoms with Gasteiger partial charge in [-0.2, -0.15) is 5.10 Å². The summed E-state index contributed by atoms with van der Waals surface area (Å²) in [6, 6.07) is 7.63. The van der Waals surface area contributed by atoms with E-state index in [0.717, 1.165) is 55.0 Å². The smallest absolute Gasteiger partial charge is 0.274 e. The Labute approximate surface area is 133 Å². The van der Waals surface area contributed by atoms with Crippen LogP contribution in [0, 0.1) is 0 Å². The molecule has 6 nitrogen and oxygen atoms in total. The minimum atomic E-state index is -0.0374. The Hall–Kier alpha value is -2.50. The normalized spacial score (nSPS) is 14.1. The van der Waals surface area contributed by atoms with Crippen LogP contribution < -0.4 is 5.56 Å². The molecule has 0 saturated carbocycles. The summed E-state index contributed by atoms with van der Waals surface area (Å²) in [5, 5.41) is 14.9. The minimum absolute atomic E-state index is 0.0374. The van der Waals surface area contributed by atoms with Crippen molar-refractivity contribution in [3.8, 4) is 11.5 Å². The van der Waals surface area contributed by atoms with Crippen LogP contribution in [0.1, 0.15) is 32.0 Å². The van der Waals surface area contributed by atoms with Crippen LogP contribution in [0.4, 0.5) is 0 Å². The van der Waals surface area contributed by atoms with E-state index in [1.165, 1.54) is 0 Å². The van der Waals surface area contributed by atoms with Crippen LogP contribution in [0.25, 0.3) is 22.3 Å². The second-order valence-electron chi connectivity index (χ2n) is 5.97. The third kappa shape index (κ3) is 2.25. The number of aryl methyl sites for hydroxylation is 2. The minimum Gasteiger partial charge on any atom is -0.310 e. The molecule has 1 aromatic carbocycles. The molecule has 0 bridgehead atoms. The summed E-state index contributed by atoms with van der Waals surface area (Å²) >= 11 is 0. The van der Waals surface area contributed by atoms with E-state index in [2.05, 4.69) is 19.9 Å². The van der Waals surface area contributed by atoms with Gasteiger partial charge >= 0.3 is 0 Å². The van der Waals surface area contributed by atoms with Crippen molar-refractivity contribution in [2.24, 2.45) is 0 Å². The van der Waals surface area contributed by atoms with Crippen molar-refractivity contribution in [2.45, 2.75) is 45.7 Å². The van der Waals surface area contributed by atoms with Crippen molar-refractivity contribution >= 4 is 10.8 Å². The SMILES string of the molecule is CCCn1nc(-c2nnc3n2CCCC3)c2ccccc2c1=O. The molecule has 3 aromatic rings. The Morgan fingerprint density at radius 3 is 2.78 bits per heavy atom. The van der Waals surface area contributed by atoms with Crippen LogP contribution in [0.2, 0.25) is 0 Å². The molecule has 4 rings (SSSR count). The molecule has 23 heavy (non-hydrogen) atoms. The Morgan fingerprint density at radius 1 is 1.13 bits per heavy atom. The van der Waals surface area contributed by atoms with Gasteiger partial charge in [-0.3, -0.25) is 4.79 Å². The lowest BCUT2D eigenvalue weighted by molar-refractivity contribution is 0.523. The van der Waals surface area contributed by atoms with Gasteiger partial charge in [-0.05, 0) is 25.3 Å². The first kappa shape index (κ1) is 14.1. The van der Waals surface area contributed by atoms with Crippen LogP contribution in [0.3, 0.4) is 0 Å². The molecule has 0 atom stereocenters. The first-order valence-corrected chi connectivity index (χ1v) is 8.22. The summed E-state index contributed by atoms with van der Waals surface area (Å²) in [5.41, 5.74) is 0.721. The van der Waals surface area contributed by atoms with Crippen LogP contribution in [0.5, 0.6) is 0 Å². The topological polar surface area (TPSA) is 65.6 Å². The summed E-state index contributed by atoms with van der Waals surface area (Å²) in [6.45, 7) is 3.57. The lowest BCUT2D eigenvalue weighted by Crippen LogP contribution is -2.24. The average Bonchev–Trinajstić information content (AvgIpc) is 3.02. The monoisotopic (exact) mass is 309 g/mol. The van der Waals surface area contributed by atoms with Gasteiger partial charge in [0.15, 0.2) is 5.82 Å². The number of nitrogens with zero attached hydrogens (tertiary/aromatic N) is 5. The maximum absolute atomic E-state index is 12.6. The van der Waals surface area contributed by atoms with Crippen LogP contribution in [-0.2, 0) is 19.5 Å².